The molecule has 0 radical (unpaired) electrons. The third-order valence-electron chi connectivity index (χ3n) is 2.93. The van der Waals surface area contributed by atoms with Gasteiger partial charge in [0.25, 0.3) is 0 Å². The molecular formula is C15H16INO2S. The van der Waals surface area contributed by atoms with Crippen LogP contribution in [0.25, 0.3) is 0 Å². The largest absolute Gasteiger partial charge is 0.216 e. The Bertz CT molecular complexity index is 684. The van der Waals surface area contributed by atoms with Crippen LogP contribution in [0, 0.1) is 10.5 Å². The molecule has 0 bridgehead atoms. The minimum atomic E-state index is -3.31. The SMILES string of the molecule is Cc1ccc(CNS(=O)(=O)Cc2ccccc2)cc1I. The summed E-state index contributed by atoms with van der Waals surface area (Å²) < 4.78 is 27.8. The number of nitrogens with one attached hydrogen (secondary N) is 1. The molecule has 0 amide bonds. The van der Waals surface area contributed by atoms with Crippen LogP contribution in [0.3, 0.4) is 0 Å². The van der Waals surface area contributed by atoms with Crippen LogP contribution >= 0.6 is 22.6 Å². The van der Waals surface area contributed by atoms with Gasteiger partial charge in [0.05, 0.1) is 5.75 Å². The fourth-order valence-corrected chi connectivity index (χ4v) is 3.48. The number of hydrogen-bond donors (Lipinski definition) is 1. The summed E-state index contributed by atoms with van der Waals surface area (Å²) in [5.41, 5.74) is 2.96. The van der Waals surface area contributed by atoms with Gasteiger partial charge in [0, 0.05) is 10.1 Å². The Hall–Kier alpha value is -0.920. The van der Waals surface area contributed by atoms with Crippen LogP contribution in [0.5, 0.6) is 0 Å². The van der Waals surface area contributed by atoms with Crippen molar-refractivity contribution in [1.82, 2.24) is 4.72 Å². The molecular weight excluding hydrogens is 385 g/mol. The van der Waals surface area contributed by atoms with Crippen molar-refractivity contribution in [3.63, 3.8) is 0 Å². The summed E-state index contributed by atoms with van der Waals surface area (Å²) in [4.78, 5) is 0. The van der Waals surface area contributed by atoms with Crippen LogP contribution in [0.4, 0.5) is 0 Å². The predicted molar refractivity (Wildman–Crippen MR) is 89.8 cm³/mol. The molecule has 1 N–H and O–H groups in total. The third-order valence-corrected chi connectivity index (χ3v) is 5.39. The molecule has 0 aliphatic heterocycles. The fraction of sp³-hybridized carbons (Fsp3) is 0.200. The first-order chi connectivity index (χ1) is 9.46. The summed E-state index contributed by atoms with van der Waals surface area (Å²) in [7, 11) is -3.31. The Labute approximate surface area is 133 Å². The maximum absolute atomic E-state index is 12.0. The molecule has 20 heavy (non-hydrogen) atoms. The normalized spacial score (nSPS) is 11.5. The van der Waals surface area contributed by atoms with Crippen LogP contribution < -0.4 is 4.72 Å². The van der Waals surface area contributed by atoms with Crippen LogP contribution in [0.2, 0.25) is 0 Å². The first kappa shape index (κ1) is 15.5. The second-order valence-electron chi connectivity index (χ2n) is 4.65. The van der Waals surface area contributed by atoms with E-state index >= 15 is 0 Å². The van der Waals surface area contributed by atoms with Gasteiger partial charge in [-0.1, -0.05) is 42.5 Å². The summed E-state index contributed by atoms with van der Waals surface area (Å²) in [6, 6.07) is 15.1. The van der Waals surface area contributed by atoms with Gasteiger partial charge in [-0.05, 0) is 52.3 Å². The summed E-state index contributed by atoms with van der Waals surface area (Å²) in [5, 5.41) is 0. The molecule has 2 rings (SSSR count). The smallest absolute Gasteiger partial charge is 0.212 e. The molecule has 0 unspecified atom stereocenters. The lowest BCUT2D eigenvalue weighted by Crippen LogP contribution is -2.24. The van der Waals surface area contributed by atoms with E-state index < -0.39 is 10.0 Å². The summed E-state index contributed by atoms with van der Waals surface area (Å²) in [6.07, 6.45) is 0. The molecule has 2 aromatic rings. The van der Waals surface area contributed by atoms with Crippen molar-refractivity contribution in [2.24, 2.45) is 0 Å². The molecule has 0 fully saturated rings. The van der Waals surface area contributed by atoms with Crippen molar-refractivity contribution in [1.29, 1.82) is 0 Å². The first-order valence-corrected chi connectivity index (χ1v) is 8.96. The molecule has 106 valence electrons. The van der Waals surface area contributed by atoms with E-state index in [1.165, 1.54) is 5.56 Å². The van der Waals surface area contributed by atoms with Crippen molar-refractivity contribution >= 4 is 32.6 Å². The molecule has 2 aromatic carbocycles. The van der Waals surface area contributed by atoms with Crippen molar-refractivity contribution < 1.29 is 8.42 Å². The summed E-state index contributed by atoms with van der Waals surface area (Å²) >= 11 is 2.25. The molecule has 0 saturated carbocycles. The monoisotopic (exact) mass is 401 g/mol. The average Bonchev–Trinajstić information content (AvgIpc) is 2.41. The van der Waals surface area contributed by atoms with E-state index in [-0.39, 0.29) is 5.75 Å². The Morgan fingerprint density at radius 3 is 2.40 bits per heavy atom. The van der Waals surface area contributed by atoms with Crippen LogP contribution in [0.15, 0.2) is 48.5 Å². The third kappa shape index (κ3) is 4.57. The van der Waals surface area contributed by atoms with Gasteiger partial charge in [0.15, 0.2) is 0 Å². The predicted octanol–water partition coefficient (Wildman–Crippen LogP) is 3.22. The standard InChI is InChI=1S/C15H16INO2S/c1-12-7-8-14(9-15(12)16)10-17-20(18,19)11-13-5-3-2-4-6-13/h2-9,17H,10-11H2,1H3. The lowest BCUT2D eigenvalue weighted by molar-refractivity contribution is 0.580. The van der Waals surface area contributed by atoms with Gasteiger partial charge in [-0.15, -0.1) is 0 Å². The Kier molecular flexibility index (Phi) is 5.17. The van der Waals surface area contributed by atoms with Gasteiger partial charge < -0.3 is 0 Å². The number of halogens is 1. The topological polar surface area (TPSA) is 46.2 Å². The summed E-state index contributed by atoms with van der Waals surface area (Å²) in [5.74, 6) is 0.0107. The zero-order chi connectivity index (χ0) is 14.6. The second kappa shape index (κ2) is 6.69. The number of hydrogen-bond acceptors (Lipinski definition) is 2. The maximum Gasteiger partial charge on any atom is 0.216 e. The Balaban J connectivity index is 2.00. The molecule has 0 aliphatic carbocycles. The Morgan fingerprint density at radius 2 is 1.75 bits per heavy atom. The van der Waals surface area contributed by atoms with Gasteiger partial charge in [-0.2, -0.15) is 0 Å². The van der Waals surface area contributed by atoms with Crippen LogP contribution in [0.1, 0.15) is 16.7 Å². The quantitative estimate of drug-likeness (QED) is 0.783. The van der Waals surface area contributed by atoms with Gasteiger partial charge in [-0.3, -0.25) is 0 Å². The molecule has 0 heterocycles. The van der Waals surface area contributed by atoms with E-state index in [0.717, 1.165) is 14.7 Å². The number of sulfonamides is 1. The van der Waals surface area contributed by atoms with Crippen molar-refractivity contribution in [2.75, 3.05) is 0 Å². The zero-order valence-corrected chi connectivity index (χ0v) is 14.1. The highest BCUT2D eigenvalue weighted by Gasteiger charge is 2.11. The summed E-state index contributed by atoms with van der Waals surface area (Å²) in [6.45, 7) is 2.36. The average molecular weight is 401 g/mol. The minimum absolute atomic E-state index is 0.0107. The van der Waals surface area contributed by atoms with Gasteiger partial charge in [0.1, 0.15) is 0 Å². The Morgan fingerprint density at radius 1 is 1.05 bits per heavy atom. The van der Waals surface area contributed by atoms with Gasteiger partial charge in [-0.25, -0.2) is 13.1 Å². The van der Waals surface area contributed by atoms with Crippen molar-refractivity contribution in [3.8, 4) is 0 Å². The minimum Gasteiger partial charge on any atom is -0.212 e. The lowest BCUT2D eigenvalue weighted by atomic mass is 10.2. The molecule has 0 aliphatic rings. The zero-order valence-electron chi connectivity index (χ0n) is 11.1. The van der Waals surface area contributed by atoms with E-state index in [2.05, 4.69) is 27.3 Å². The maximum atomic E-state index is 12.0. The van der Waals surface area contributed by atoms with Crippen molar-refractivity contribution in [2.45, 2.75) is 19.2 Å². The molecule has 0 spiro atoms. The van der Waals surface area contributed by atoms with E-state index in [0.29, 0.717) is 6.54 Å². The van der Waals surface area contributed by atoms with Gasteiger partial charge >= 0.3 is 0 Å². The highest BCUT2D eigenvalue weighted by molar-refractivity contribution is 14.1. The number of rotatable bonds is 5. The van der Waals surface area contributed by atoms with E-state index in [9.17, 15) is 8.42 Å². The molecule has 0 atom stereocenters. The second-order valence-corrected chi connectivity index (χ2v) is 7.62. The number of aryl methyl sites for hydroxylation is 1. The fourth-order valence-electron chi connectivity index (χ4n) is 1.78. The van der Waals surface area contributed by atoms with E-state index in [1.54, 1.807) is 0 Å². The lowest BCUT2D eigenvalue weighted by Gasteiger charge is -2.08. The highest BCUT2D eigenvalue weighted by atomic mass is 127. The van der Waals surface area contributed by atoms with E-state index in [4.69, 9.17) is 0 Å². The molecule has 0 aromatic heterocycles. The number of benzene rings is 2. The van der Waals surface area contributed by atoms with E-state index in [1.807, 2.05) is 55.5 Å². The molecule has 0 saturated heterocycles. The molecule has 3 nitrogen and oxygen atoms in total. The first-order valence-electron chi connectivity index (χ1n) is 6.22. The van der Waals surface area contributed by atoms with Crippen LogP contribution in [-0.2, 0) is 22.3 Å². The highest BCUT2D eigenvalue weighted by Crippen LogP contribution is 2.14. The van der Waals surface area contributed by atoms with Crippen molar-refractivity contribution in [3.05, 3.63) is 68.8 Å². The molecule has 5 heteroatoms. The van der Waals surface area contributed by atoms with Crippen LogP contribution in [-0.4, -0.2) is 8.42 Å². The van der Waals surface area contributed by atoms with Gasteiger partial charge in [0.2, 0.25) is 10.0 Å².